The largest absolute Gasteiger partial charge is 0.507 e. The molecule has 0 heterocycles. The van der Waals surface area contributed by atoms with E-state index in [2.05, 4.69) is 6.92 Å². The van der Waals surface area contributed by atoms with E-state index in [1.165, 1.54) is 19.1 Å². The lowest BCUT2D eigenvalue weighted by molar-refractivity contribution is 0.0180. The molecule has 0 aliphatic rings. The topological polar surface area (TPSA) is 132 Å². The molecular weight excluding hydrogens is 552 g/mol. The van der Waals surface area contributed by atoms with Gasteiger partial charge in [-0.2, -0.15) is 0 Å². The number of ketones is 1. The van der Waals surface area contributed by atoms with Crippen LogP contribution in [0.1, 0.15) is 65.8 Å². The summed E-state index contributed by atoms with van der Waals surface area (Å²) in [7, 11) is 1.61. The van der Waals surface area contributed by atoms with Crippen LogP contribution in [0.3, 0.4) is 0 Å². The number of unbranched alkanes of at least 4 members (excludes halogenated alkanes) is 3. The number of phenolic OH excluding ortho intramolecular Hbond substituents is 1. The van der Waals surface area contributed by atoms with Crippen molar-refractivity contribution in [1.29, 1.82) is 0 Å². The Kier molecular flexibility index (Phi) is 13.5. The van der Waals surface area contributed by atoms with E-state index in [4.69, 9.17) is 18.9 Å². The zero-order chi connectivity index (χ0) is 31.2. The minimum absolute atomic E-state index is 0.133. The number of phenols is 2. The third-order valence-corrected chi connectivity index (χ3v) is 6.97. The van der Waals surface area contributed by atoms with Gasteiger partial charge in [0.2, 0.25) is 0 Å². The first-order valence-electron chi connectivity index (χ1n) is 14.6. The average molecular weight is 595 g/mol. The number of carboxylic acid groups (broad SMARTS) is 1. The fraction of sp³-hybridized carbons (Fsp3) is 0.412. The summed E-state index contributed by atoms with van der Waals surface area (Å²) in [6, 6.07) is 13.3. The fourth-order valence-electron chi connectivity index (χ4n) is 4.72. The second-order valence-electron chi connectivity index (χ2n) is 10.2. The van der Waals surface area contributed by atoms with Crippen molar-refractivity contribution in [3.63, 3.8) is 0 Å². The number of Topliss-reactive ketones (excluding diaryl/α,β-unsaturated/α-hetero) is 1. The highest BCUT2D eigenvalue weighted by Crippen LogP contribution is 2.43. The van der Waals surface area contributed by atoms with Crippen LogP contribution in [0.15, 0.2) is 48.5 Å². The highest BCUT2D eigenvalue weighted by atomic mass is 16.6. The molecule has 0 atom stereocenters. The van der Waals surface area contributed by atoms with Gasteiger partial charge in [-0.05, 0) is 72.9 Å². The summed E-state index contributed by atoms with van der Waals surface area (Å²) in [5.41, 5.74) is 3.62. The first kappa shape index (κ1) is 33.6. The summed E-state index contributed by atoms with van der Waals surface area (Å²) < 4.78 is 22.4. The number of aromatic carboxylic acids is 1. The van der Waals surface area contributed by atoms with E-state index in [1.807, 2.05) is 12.1 Å². The second-order valence-corrected chi connectivity index (χ2v) is 10.2. The molecule has 232 valence electrons. The van der Waals surface area contributed by atoms with E-state index in [1.54, 1.807) is 31.4 Å². The lowest BCUT2D eigenvalue weighted by Gasteiger charge is -2.20. The van der Waals surface area contributed by atoms with E-state index >= 15 is 0 Å². The lowest BCUT2D eigenvalue weighted by atomic mass is 9.91. The number of aromatic hydroxyl groups is 2. The molecule has 0 aliphatic carbocycles. The van der Waals surface area contributed by atoms with Crippen LogP contribution in [0, 0.1) is 0 Å². The number of ether oxygens (including phenoxy) is 4. The van der Waals surface area contributed by atoms with Gasteiger partial charge in [0.05, 0.1) is 38.6 Å². The van der Waals surface area contributed by atoms with Gasteiger partial charge in [0.1, 0.15) is 29.4 Å². The highest BCUT2D eigenvalue weighted by molar-refractivity contribution is 5.98. The van der Waals surface area contributed by atoms with Crippen molar-refractivity contribution in [1.82, 2.24) is 0 Å². The zero-order valence-corrected chi connectivity index (χ0v) is 25.2. The molecule has 0 spiro atoms. The van der Waals surface area contributed by atoms with E-state index in [0.717, 1.165) is 37.7 Å². The molecule has 0 unspecified atom stereocenters. The van der Waals surface area contributed by atoms with E-state index in [-0.39, 0.29) is 41.6 Å². The maximum atomic E-state index is 12.0. The van der Waals surface area contributed by atoms with Crippen molar-refractivity contribution >= 4 is 11.8 Å². The number of methoxy groups -OCH3 is 1. The molecule has 3 N–H and O–H groups in total. The molecule has 3 rings (SSSR count). The number of hydrogen-bond donors (Lipinski definition) is 3. The standard InChI is InChI=1S/C34H42O9/c1-4-5-6-7-8-24-19-29(25-9-11-27(23(2)35)31(36)21-25)33(43-18-17-42-16-15-41-14-13-40-3)30(20-24)26-10-12-28(34(38)39)32(37)22-26/h9-12,19-22,36-37H,4-8,13-18H2,1-3H3,(H,38,39). The van der Waals surface area contributed by atoms with Crippen LogP contribution in [0.2, 0.25) is 0 Å². The smallest absolute Gasteiger partial charge is 0.339 e. The Balaban J connectivity index is 2.03. The molecule has 3 aromatic rings. The summed E-state index contributed by atoms with van der Waals surface area (Å²) in [5.74, 6) is -1.48. The minimum Gasteiger partial charge on any atom is -0.507 e. The number of rotatable bonds is 19. The van der Waals surface area contributed by atoms with Gasteiger partial charge in [-0.1, -0.05) is 38.3 Å². The zero-order valence-electron chi connectivity index (χ0n) is 25.2. The number of aryl methyl sites for hydroxylation is 1. The van der Waals surface area contributed by atoms with Crippen molar-refractivity contribution in [2.75, 3.05) is 46.8 Å². The van der Waals surface area contributed by atoms with E-state index in [9.17, 15) is 24.9 Å². The van der Waals surface area contributed by atoms with Crippen molar-refractivity contribution in [2.24, 2.45) is 0 Å². The Morgan fingerprint density at radius 2 is 1.28 bits per heavy atom. The van der Waals surface area contributed by atoms with Gasteiger partial charge < -0.3 is 34.3 Å². The molecule has 43 heavy (non-hydrogen) atoms. The van der Waals surface area contributed by atoms with Crippen LogP contribution in [-0.4, -0.2) is 73.8 Å². The molecular formula is C34H42O9. The molecule has 0 saturated heterocycles. The molecule has 0 fully saturated rings. The van der Waals surface area contributed by atoms with Gasteiger partial charge in [0.25, 0.3) is 0 Å². The molecule has 0 bridgehead atoms. The Morgan fingerprint density at radius 1 is 0.721 bits per heavy atom. The Hall–Kier alpha value is -3.92. The molecule has 0 amide bonds. The van der Waals surface area contributed by atoms with Crippen LogP contribution >= 0.6 is 0 Å². The van der Waals surface area contributed by atoms with Gasteiger partial charge in [0.15, 0.2) is 5.78 Å². The highest BCUT2D eigenvalue weighted by Gasteiger charge is 2.20. The van der Waals surface area contributed by atoms with Gasteiger partial charge in [-0.15, -0.1) is 0 Å². The summed E-state index contributed by atoms with van der Waals surface area (Å²) >= 11 is 0. The molecule has 0 aliphatic heterocycles. The molecule has 3 aromatic carbocycles. The predicted octanol–water partition coefficient (Wildman–Crippen LogP) is 6.51. The van der Waals surface area contributed by atoms with Gasteiger partial charge in [-0.3, -0.25) is 4.79 Å². The quantitative estimate of drug-likeness (QED) is 0.105. The van der Waals surface area contributed by atoms with Crippen LogP contribution in [0.5, 0.6) is 17.2 Å². The second kappa shape index (κ2) is 17.3. The average Bonchev–Trinajstić information content (AvgIpc) is 2.98. The normalized spacial score (nSPS) is 11.0. The molecule has 0 aromatic heterocycles. The Bertz CT molecular complexity index is 1280. The molecule has 0 radical (unpaired) electrons. The first-order chi connectivity index (χ1) is 20.8. The molecule has 9 nitrogen and oxygen atoms in total. The van der Waals surface area contributed by atoms with Crippen LogP contribution < -0.4 is 4.74 Å². The van der Waals surface area contributed by atoms with Crippen LogP contribution in [0.25, 0.3) is 22.3 Å². The van der Waals surface area contributed by atoms with E-state index < -0.39 is 5.97 Å². The van der Waals surface area contributed by atoms with E-state index in [0.29, 0.717) is 54.4 Å². The van der Waals surface area contributed by atoms with Gasteiger partial charge >= 0.3 is 5.97 Å². The molecule has 0 saturated carbocycles. The monoisotopic (exact) mass is 594 g/mol. The van der Waals surface area contributed by atoms with Crippen molar-refractivity contribution in [2.45, 2.75) is 46.0 Å². The summed E-state index contributed by atoms with van der Waals surface area (Å²) in [5, 5.41) is 30.6. The number of hydrogen-bond acceptors (Lipinski definition) is 8. The molecule has 9 heteroatoms. The SMILES string of the molecule is CCCCCCc1cc(-c2ccc(C(C)=O)c(O)c2)c(OCCOCCOCCOC)c(-c2ccc(C(=O)O)c(O)c2)c1. The Labute approximate surface area is 253 Å². The Morgan fingerprint density at radius 3 is 1.79 bits per heavy atom. The summed E-state index contributed by atoms with van der Waals surface area (Å²) in [6.45, 7) is 5.83. The van der Waals surface area contributed by atoms with Crippen LogP contribution in [0.4, 0.5) is 0 Å². The number of carbonyl (C=O) groups excluding carboxylic acids is 1. The van der Waals surface area contributed by atoms with Crippen molar-refractivity contribution < 1.29 is 43.9 Å². The maximum Gasteiger partial charge on any atom is 0.339 e. The van der Waals surface area contributed by atoms with Crippen molar-refractivity contribution in [3.05, 3.63) is 65.2 Å². The third kappa shape index (κ3) is 9.81. The minimum atomic E-state index is -1.23. The van der Waals surface area contributed by atoms with Crippen molar-refractivity contribution in [3.8, 4) is 39.5 Å². The number of benzene rings is 3. The summed E-state index contributed by atoms with van der Waals surface area (Å²) in [6.07, 6.45) is 5.09. The lowest BCUT2D eigenvalue weighted by Crippen LogP contribution is -2.13. The number of carbonyl (C=O) groups is 2. The van der Waals surface area contributed by atoms with Crippen LogP contribution in [-0.2, 0) is 20.6 Å². The van der Waals surface area contributed by atoms with Gasteiger partial charge in [-0.25, -0.2) is 4.79 Å². The maximum absolute atomic E-state index is 12.0. The fourth-order valence-corrected chi connectivity index (χ4v) is 4.72. The van der Waals surface area contributed by atoms with Gasteiger partial charge in [0, 0.05) is 18.2 Å². The first-order valence-corrected chi connectivity index (χ1v) is 14.6. The number of carboxylic acids is 1. The summed E-state index contributed by atoms with van der Waals surface area (Å²) in [4.78, 5) is 23.5. The predicted molar refractivity (Wildman–Crippen MR) is 164 cm³/mol. The third-order valence-electron chi connectivity index (χ3n) is 6.97.